The van der Waals surface area contributed by atoms with Gasteiger partial charge < -0.3 is 9.47 Å². The molecule has 0 unspecified atom stereocenters. The van der Waals surface area contributed by atoms with E-state index in [0.717, 1.165) is 4.31 Å². The summed E-state index contributed by atoms with van der Waals surface area (Å²) in [5.74, 6) is 0.102. The van der Waals surface area contributed by atoms with Gasteiger partial charge in [0, 0.05) is 14.1 Å². The molecule has 2 aromatic carbocycles. The number of rotatable bonds is 7. The van der Waals surface area contributed by atoms with Crippen molar-refractivity contribution in [2.75, 3.05) is 27.3 Å². The van der Waals surface area contributed by atoms with Gasteiger partial charge in [0.25, 0.3) is 0 Å². The highest BCUT2D eigenvalue weighted by molar-refractivity contribution is 7.89. The van der Waals surface area contributed by atoms with Crippen LogP contribution in [0, 0.1) is 0 Å². The average Bonchev–Trinajstić information content (AvgIpc) is 2.64. The Hall–Kier alpha value is -2.38. The highest BCUT2D eigenvalue weighted by atomic mass is 32.2. The first-order valence-corrected chi connectivity index (χ1v) is 10.4. The third-order valence-corrected chi connectivity index (χ3v) is 5.96. The predicted molar refractivity (Wildman–Crippen MR) is 108 cm³/mol. The van der Waals surface area contributed by atoms with Crippen LogP contribution in [0.25, 0.3) is 0 Å². The zero-order valence-electron chi connectivity index (χ0n) is 16.9. The maximum Gasteiger partial charge on any atom is 0.338 e. The van der Waals surface area contributed by atoms with Crippen molar-refractivity contribution in [2.24, 2.45) is 0 Å². The van der Waals surface area contributed by atoms with Crippen LogP contribution in [0.4, 0.5) is 0 Å². The van der Waals surface area contributed by atoms with Crippen LogP contribution in [0.15, 0.2) is 53.4 Å². The van der Waals surface area contributed by atoms with Crippen LogP contribution in [0.2, 0.25) is 0 Å². The van der Waals surface area contributed by atoms with E-state index in [0.29, 0.717) is 5.75 Å². The Morgan fingerprint density at radius 3 is 2.21 bits per heavy atom. The maximum absolute atomic E-state index is 12.2. The van der Waals surface area contributed by atoms with Crippen molar-refractivity contribution in [1.82, 2.24) is 4.31 Å². The van der Waals surface area contributed by atoms with Crippen LogP contribution in [0.5, 0.6) is 5.75 Å². The molecule has 0 radical (unpaired) electrons. The SMILES string of the molecule is CN(C)S(=O)(=O)c1cccc(C(=O)OCCOc2ccc(C(C)(C)C)cc2)c1. The van der Waals surface area contributed by atoms with Crippen LogP contribution in [0.3, 0.4) is 0 Å². The van der Waals surface area contributed by atoms with Crippen molar-refractivity contribution in [3.63, 3.8) is 0 Å². The fraction of sp³-hybridized carbons (Fsp3) is 0.381. The second-order valence-electron chi connectivity index (χ2n) is 7.57. The van der Waals surface area contributed by atoms with E-state index in [2.05, 4.69) is 20.8 Å². The lowest BCUT2D eigenvalue weighted by Gasteiger charge is -2.19. The Kier molecular flexibility index (Phi) is 6.85. The first-order chi connectivity index (χ1) is 13.0. The normalized spacial score (nSPS) is 12.1. The van der Waals surface area contributed by atoms with E-state index in [-0.39, 0.29) is 29.1 Å². The van der Waals surface area contributed by atoms with Gasteiger partial charge in [-0.2, -0.15) is 0 Å². The summed E-state index contributed by atoms with van der Waals surface area (Å²) in [5.41, 5.74) is 1.46. The highest BCUT2D eigenvalue weighted by Gasteiger charge is 2.19. The fourth-order valence-electron chi connectivity index (χ4n) is 2.42. The Morgan fingerprint density at radius 1 is 1.00 bits per heavy atom. The molecule has 0 saturated heterocycles. The minimum absolute atomic E-state index is 0.0436. The third kappa shape index (κ3) is 5.56. The van der Waals surface area contributed by atoms with Crippen LogP contribution in [-0.4, -0.2) is 46.0 Å². The van der Waals surface area contributed by atoms with Gasteiger partial charge in [-0.3, -0.25) is 0 Å². The summed E-state index contributed by atoms with van der Waals surface area (Å²) in [6.45, 7) is 6.68. The van der Waals surface area contributed by atoms with Gasteiger partial charge in [-0.1, -0.05) is 39.0 Å². The molecule has 0 atom stereocenters. The topological polar surface area (TPSA) is 72.9 Å². The molecule has 0 saturated carbocycles. The molecule has 0 aromatic heterocycles. The summed E-state index contributed by atoms with van der Waals surface area (Å²) < 4.78 is 36.2. The molecular formula is C21H27NO5S. The molecule has 2 aromatic rings. The van der Waals surface area contributed by atoms with Gasteiger partial charge in [0.15, 0.2) is 0 Å². The van der Waals surface area contributed by atoms with Crippen LogP contribution < -0.4 is 4.74 Å². The number of benzene rings is 2. The number of carbonyl (C=O) groups is 1. The van der Waals surface area contributed by atoms with E-state index in [1.165, 1.54) is 43.9 Å². The lowest BCUT2D eigenvalue weighted by atomic mass is 9.87. The molecule has 2 rings (SSSR count). The monoisotopic (exact) mass is 405 g/mol. The zero-order chi connectivity index (χ0) is 20.9. The van der Waals surface area contributed by atoms with E-state index < -0.39 is 16.0 Å². The van der Waals surface area contributed by atoms with Crippen molar-refractivity contribution in [2.45, 2.75) is 31.1 Å². The van der Waals surface area contributed by atoms with Crippen molar-refractivity contribution < 1.29 is 22.7 Å². The Morgan fingerprint density at radius 2 is 1.64 bits per heavy atom. The summed E-state index contributed by atoms with van der Waals surface area (Å²) in [7, 11) is -0.735. The van der Waals surface area contributed by atoms with Gasteiger partial charge >= 0.3 is 5.97 Å². The molecule has 0 spiro atoms. The Balaban J connectivity index is 1.89. The van der Waals surface area contributed by atoms with Gasteiger partial charge in [-0.05, 0) is 41.3 Å². The summed E-state index contributed by atoms with van der Waals surface area (Å²) in [4.78, 5) is 12.2. The molecule has 28 heavy (non-hydrogen) atoms. The summed E-state index contributed by atoms with van der Waals surface area (Å²) in [6, 6.07) is 13.6. The van der Waals surface area contributed by atoms with Crippen molar-refractivity contribution >= 4 is 16.0 Å². The number of carbonyl (C=O) groups excluding carboxylic acids is 1. The largest absolute Gasteiger partial charge is 0.490 e. The van der Waals surface area contributed by atoms with Gasteiger partial charge in [-0.15, -0.1) is 0 Å². The molecule has 0 aliphatic heterocycles. The molecule has 0 amide bonds. The van der Waals surface area contributed by atoms with Crippen LogP contribution in [-0.2, 0) is 20.2 Å². The lowest BCUT2D eigenvalue weighted by Crippen LogP contribution is -2.22. The van der Waals surface area contributed by atoms with Crippen molar-refractivity contribution in [3.05, 3.63) is 59.7 Å². The number of ether oxygens (including phenoxy) is 2. The summed E-state index contributed by atoms with van der Waals surface area (Å²) in [5, 5.41) is 0. The third-order valence-electron chi connectivity index (χ3n) is 4.15. The molecule has 0 heterocycles. The molecular weight excluding hydrogens is 378 g/mol. The van der Waals surface area contributed by atoms with Gasteiger partial charge in [0.05, 0.1) is 10.5 Å². The van der Waals surface area contributed by atoms with E-state index in [9.17, 15) is 13.2 Å². The van der Waals surface area contributed by atoms with Crippen LogP contribution in [0.1, 0.15) is 36.7 Å². The maximum atomic E-state index is 12.2. The first kappa shape index (κ1) is 21.9. The second kappa shape index (κ2) is 8.75. The number of nitrogens with zero attached hydrogens (tertiary/aromatic N) is 1. The van der Waals surface area contributed by atoms with E-state index in [4.69, 9.17) is 9.47 Å². The second-order valence-corrected chi connectivity index (χ2v) is 9.73. The standard InChI is InChI=1S/C21H27NO5S/c1-21(2,3)17-9-11-18(12-10-17)26-13-14-27-20(23)16-7-6-8-19(15-16)28(24,25)22(4)5/h6-12,15H,13-14H2,1-5H3. The number of sulfonamides is 1. The smallest absolute Gasteiger partial charge is 0.338 e. The van der Waals surface area contributed by atoms with E-state index >= 15 is 0 Å². The Bertz CT molecular complexity index is 913. The molecule has 0 aliphatic rings. The molecule has 0 aliphatic carbocycles. The minimum Gasteiger partial charge on any atom is -0.490 e. The number of hydrogen-bond acceptors (Lipinski definition) is 5. The summed E-state index contributed by atoms with van der Waals surface area (Å²) in [6.07, 6.45) is 0. The van der Waals surface area contributed by atoms with E-state index in [1.54, 1.807) is 0 Å². The summed E-state index contributed by atoms with van der Waals surface area (Å²) >= 11 is 0. The van der Waals surface area contributed by atoms with Gasteiger partial charge in [0.1, 0.15) is 19.0 Å². The quantitative estimate of drug-likeness (QED) is 0.521. The Labute approximate surface area is 167 Å². The predicted octanol–water partition coefficient (Wildman–Crippen LogP) is 3.47. The van der Waals surface area contributed by atoms with Crippen LogP contribution >= 0.6 is 0 Å². The number of hydrogen-bond donors (Lipinski definition) is 0. The molecule has 0 fully saturated rings. The molecule has 0 N–H and O–H groups in total. The fourth-order valence-corrected chi connectivity index (χ4v) is 3.37. The lowest BCUT2D eigenvalue weighted by molar-refractivity contribution is 0.0450. The average molecular weight is 406 g/mol. The van der Waals surface area contributed by atoms with Gasteiger partial charge in [0.2, 0.25) is 10.0 Å². The highest BCUT2D eigenvalue weighted by Crippen LogP contribution is 2.24. The number of esters is 1. The van der Waals surface area contributed by atoms with Gasteiger partial charge in [-0.25, -0.2) is 17.5 Å². The molecule has 152 valence electrons. The first-order valence-electron chi connectivity index (χ1n) is 8.95. The van der Waals surface area contributed by atoms with E-state index in [1.807, 2.05) is 24.3 Å². The van der Waals surface area contributed by atoms with Crippen molar-refractivity contribution in [1.29, 1.82) is 0 Å². The molecule has 6 nitrogen and oxygen atoms in total. The molecule has 7 heteroatoms. The molecule has 0 bridgehead atoms. The van der Waals surface area contributed by atoms with Crippen molar-refractivity contribution in [3.8, 4) is 5.75 Å². The minimum atomic E-state index is -3.61. The zero-order valence-corrected chi connectivity index (χ0v) is 17.7.